The summed E-state index contributed by atoms with van der Waals surface area (Å²) in [7, 11) is 0. The molecular weight excluding hydrogens is 2300 g/mol. The van der Waals surface area contributed by atoms with E-state index in [-0.39, 0.29) is 102 Å². The predicted octanol–water partition coefficient (Wildman–Crippen LogP) is 31.1. The van der Waals surface area contributed by atoms with Crippen LogP contribution in [0.2, 0.25) is 0 Å². The largest absolute Gasteiger partial charge is 2.00 e. The van der Waals surface area contributed by atoms with Gasteiger partial charge in [-0.05, 0) is 138 Å². The van der Waals surface area contributed by atoms with Gasteiger partial charge in [-0.1, -0.05) is 287 Å². The molecule has 0 saturated heterocycles. The molecule has 0 saturated carbocycles. The molecule has 0 aliphatic rings. The van der Waals surface area contributed by atoms with Crippen LogP contribution >= 0.6 is 0 Å². The van der Waals surface area contributed by atoms with E-state index in [2.05, 4.69) is 260 Å². The van der Waals surface area contributed by atoms with Gasteiger partial charge in [0.25, 0.3) is 0 Å². The molecule has 23 aromatic rings. The summed E-state index contributed by atoms with van der Waals surface area (Å²) in [5.74, 6) is 5.00. The maximum absolute atomic E-state index is 13.5. The van der Waals surface area contributed by atoms with E-state index in [1.807, 2.05) is 210 Å². The Morgan fingerprint density at radius 2 is 0.574 bits per heavy atom. The van der Waals surface area contributed by atoms with Crippen molar-refractivity contribution in [2.24, 2.45) is 0 Å². The summed E-state index contributed by atoms with van der Waals surface area (Å²) in [6, 6.07) is 132. The fraction of sp³-hybridized carbons (Fsp3) is 0.100. The van der Waals surface area contributed by atoms with Crippen LogP contribution in [-0.2, 0) is 80.2 Å². The van der Waals surface area contributed by atoms with Crippen molar-refractivity contribution in [3.8, 4) is 125 Å². The van der Waals surface area contributed by atoms with Crippen LogP contribution in [0.15, 0.2) is 395 Å². The van der Waals surface area contributed by atoms with E-state index in [1.54, 1.807) is 27.6 Å². The zero-order chi connectivity index (χ0) is 91.9. The first-order valence-corrected chi connectivity index (χ1v) is 44.2. The smallest absolute Gasteiger partial charge is 0.509 e. The Morgan fingerprint density at radius 3 is 0.986 bits per heavy atom. The Labute approximate surface area is 861 Å². The van der Waals surface area contributed by atoms with Crippen LogP contribution in [0.5, 0.6) is 34.5 Å². The van der Waals surface area contributed by atoms with Crippen LogP contribution in [0, 0.1) is 36.4 Å². The fourth-order valence-corrected chi connectivity index (χ4v) is 16.9. The third kappa shape index (κ3) is 21.2. The van der Waals surface area contributed by atoms with Gasteiger partial charge in [0.05, 0.1) is 24.2 Å². The summed E-state index contributed by atoms with van der Waals surface area (Å²) in [6.45, 7) is 13.2. The van der Waals surface area contributed by atoms with Gasteiger partial charge in [-0.15, -0.1) is 118 Å². The van der Waals surface area contributed by atoms with Gasteiger partial charge in [-0.2, -0.15) is 52.7 Å². The minimum atomic E-state index is -4.49. The summed E-state index contributed by atoms with van der Waals surface area (Å²) in [6.07, 6.45) is 12.0. The number of aromatic nitrogens is 12. The molecule has 23 rings (SSSR count). The number of hydrogen-bond acceptors (Lipinski definition) is 9. The van der Waals surface area contributed by atoms with Gasteiger partial charge >= 0.3 is 69.4 Å². The molecule has 0 unspecified atom stereocenters. The van der Waals surface area contributed by atoms with Crippen molar-refractivity contribution in [1.29, 1.82) is 0 Å². The second-order valence-electron chi connectivity index (χ2n) is 34.8. The monoisotopic (exact) mass is 2390 g/mol. The molecule has 704 valence electrons. The van der Waals surface area contributed by atoms with E-state index in [1.165, 1.54) is 5.56 Å². The van der Waals surface area contributed by atoms with Gasteiger partial charge in [0.15, 0.2) is 0 Å². The fourth-order valence-electron chi connectivity index (χ4n) is 16.9. The van der Waals surface area contributed by atoms with E-state index >= 15 is 0 Å². The molecule has 0 radical (unpaired) electrons. The van der Waals surface area contributed by atoms with Gasteiger partial charge < -0.3 is 27.9 Å². The van der Waals surface area contributed by atoms with Gasteiger partial charge in [0, 0.05) is 105 Å². The number of halogens is 3. The number of para-hydroxylation sites is 3. The standard InChI is InChI=1S/2C42H32N4O.C33H19F3N4O.3CH4.3Pt/c1-42(2,3)33-20-21-43-41(24-33)46-39-17-11-10-16-37(39)38-19-18-35(26-40(38)46)47-36-23-31(29-12-6-4-7-13-29)22-34(25-36)45-28-32(27-44-45)30-14-8-5-9-15-30;1-42(2,3)33-23-34(45-28-32(27-44-45)30-14-8-5-9-15-30)25-36(24-33)47-35-18-19-38-37-16-10-11-17-39(37)46(40(38)26-35)41-22-31(20-21-43-41)29-12-6-4-7-13-29;34-33(35,36)24-15-16-37-32(17-24)40-30-12-5-4-11-28(30)29-14-13-27(19-31(29)40)41-26-10-6-9-25(18-26)39-21-23(20-38-39)22-7-2-1-3-8-22;;;;;;/h2*4-24,27-28H,1-3H3;1-17,20-21H;3*1H4;;;/q3*-2;;;;3*+2. The Morgan fingerprint density at radius 1 is 0.248 bits per heavy atom. The first kappa shape index (κ1) is 100. The molecule has 0 N–H and O–H groups in total. The second kappa shape index (κ2) is 42.6. The Kier molecular flexibility index (Phi) is 30.3. The second-order valence-corrected chi connectivity index (χ2v) is 34.8. The third-order valence-corrected chi connectivity index (χ3v) is 23.8. The van der Waals surface area contributed by atoms with Gasteiger partial charge in [0.2, 0.25) is 0 Å². The molecule has 0 bridgehead atoms. The number of ether oxygens (including phenoxy) is 3. The number of benzene rings is 14. The van der Waals surface area contributed by atoms with Gasteiger partial charge in [0.1, 0.15) is 17.5 Å². The zero-order valence-electron chi connectivity index (χ0n) is 75.2. The molecule has 14 aromatic carbocycles. The third-order valence-electron chi connectivity index (χ3n) is 23.8. The minimum Gasteiger partial charge on any atom is -0.509 e. The number of fused-ring (bicyclic) bond motifs is 9. The van der Waals surface area contributed by atoms with E-state index < -0.39 is 11.7 Å². The maximum Gasteiger partial charge on any atom is 2.00 e. The molecule has 15 nitrogen and oxygen atoms in total. The first-order chi connectivity index (χ1) is 65.7. The van der Waals surface area contributed by atoms with Crippen molar-refractivity contribution in [1.82, 2.24) is 58.0 Å². The number of rotatable bonds is 17. The molecule has 9 heterocycles. The van der Waals surface area contributed by atoms with Crippen LogP contribution in [0.25, 0.3) is 156 Å². The summed E-state index contributed by atoms with van der Waals surface area (Å²) >= 11 is 0. The minimum absolute atomic E-state index is 0. The van der Waals surface area contributed by atoms with E-state index in [9.17, 15) is 13.2 Å². The molecule has 21 heteroatoms. The molecule has 0 aliphatic carbocycles. The van der Waals surface area contributed by atoms with Crippen molar-refractivity contribution in [2.45, 2.75) is 80.8 Å². The zero-order valence-corrected chi connectivity index (χ0v) is 82.0. The topological polar surface area (TPSA) is 135 Å². The first-order valence-electron chi connectivity index (χ1n) is 44.2. The Balaban J connectivity index is 0.000000157. The molecule has 0 amide bonds. The molecular formula is C120H95F3N12O3Pt3. The van der Waals surface area contributed by atoms with Crippen molar-refractivity contribution in [2.75, 3.05) is 0 Å². The van der Waals surface area contributed by atoms with Crippen LogP contribution in [0.3, 0.4) is 0 Å². The SMILES string of the molecule is C.C.C.CC(C)(C)c1cc(Oc2[c-]c3c(cc2)c2ccccc2n3-c2cc(-c3ccccc3)ccn2)[c-]c(-n2cc(-c3ccccc3)cn2)c1.CC(C)(C)c1ccnc(-n2c3[c-]c(Oc4[c-]c(-n5cc(-c6ccccc6)cn5)cc(-c5ccccc5)c4)ccc3c3ccccc32)c1.FC(F)(F)c1ccnc(-n2c3[c-]c(Oc4[c-]c(-n5cc(-c6ccccc6)cn5)ccc4)ccc3c3ccccc32)c1.[Pt+2].[Pt+2].[Pt+2]. The van der Waals surface area contributed by atoms with Crippen molar-refractivity contribution < 1.29 is 90.6 Å². The normalized spacial score (nSPS) is 11.2. The van der Waals surface area contributed by atoms with Crippen molar-refractivity contribution in [3.05, 3.63) is 449 Å². The van der Waals surface area contributed by atoms with Crippen LogP contribution in [0.1, 0.15) is 80.5 Å². The van der Waals surface area contributed by atoms with Crippen LogP contribution in [-0.4, -0.2) is 58.0 Å². The average Bonchev–Trinajstić information content (AvgIpc) is 1.62. The van der Waals surface area contributed by atoms with Gasteiger partial charge in [-0.3, -0.25) is 14.0 Å². The molecule has 0 fully saturated rings. The number of pyridine rings is 3. The summed E-state index contributed by atoms with van der Waals surface area (Å²) in [4.78, 5) is 13.9. The summed E-state index contributed by atoms with van der Waals surface area (Å²) in [5.41, 5.74) is 19.5. The van der Waals surface area contributed by atoms with Crippen molar-refractivity contribution in [3.63, 3.8) is 0 Å². The molecule has 9 aromatic heterocycles. The average molecular weight is 2400 g/mol. The van der Waals surface area contributed by atoms with E-state index in [0.29, 0.717) is 51.2 Å². The van der Waals surface area contributed by atoms with Crippen LogP contribution < -0.4 is 14.2 Å². The predicted molar refractivity (Wildman–Crippen MR) is 549 cm³/mol. The van der Waals surface area contributed by atoms with Gasteiger partial charge in [-0.25, -0.2) is 15.0 Å². The number of nitrogens with zero attached hydrogens (tertiary/aromatic N) is 12. The Bertz CT molecular complexity index is 8310. The van der Waals surface area contributed by atoms with Crippen molar-refractivity contribution >= 4 is 65.4 Å². The molecule has 141 heavy (non-hydrogen) atoms. The summed E-state index contributed by atoms with van der Waals surface area (Å²) in [5, 5.41) is 20.0. The number of hydrogen-bond donors (Lipinski definition) is 0. The number of alkyl halides is 3. The molecule has 0 spiro atoms. The molecule has 0 atom stereocenters. The van der Waals surface area contributed by atoms with E-state index in [4.69, 9.17) is 29.3 Å². The molecule has 0 aliphatic heterocycles. The maximum atomic E-state index is 13.5. The van der Waals surface area contributed by atoms with E-state index in [0.717, 1.165) is 157 Å². The van der Waals surface area contributed by atoms with Crippen LogP contribution in [0.4, 0.5) is 13.2 Å². The summed E-state index contributed by atoms with van der Waals surface area (Å²) < 4.78 is 71.3. The Hall–Kier alpha value is -15.2. The quantitative estimate of drug-likeness (QED) is 0.0817.